The first kappa shape index (κ1) is 12.5. The minimum absolute atomic E-state index is 0.576. The molecule has 5 rings (SSSR count). The first-order chi connectivity index (χ1) is 9.62. The van der Waals surface area contributed by atoms with Gasteiger partial charge in [-0.05, 0) is 73.8 Å². The summed E-state index contributed by atoms with van der Waals surface area (Å²) in [5, 5.41) is 0. The van der Waals surface area contributed by atoms with Gasteiger partial charge in [-0.3, -0.25) is 0 Å². The van der Waals surface area contributed by atoms with Gasteiger partial charge in [0.05, 0.1) is 11.9 Å². The zero-order valence-electron chi connectivity index (χ0n) is 12.4. The van der Waals surface area contributed by atoms with Gasteiger partial charge in [0, 0.05) is 13.6 Å². The smallest absolute Gasteiger partial charge is 0.128 e. The number of hydrogen-bond acceptors (Lipinski definition) is 3. The third-order valence-electron chi connectivity index (χ3n) is 5.90. The van der Waals surface area contributed by atoms with Crippen molar-refractivity contribution < 1.29 is 0 Å². The maximum Gasteiger partial charge on any atom is 0.128 e. The van der Waals surface area contributed by atoms with E-state index in [1.807, 2.05) is 6.07 Å². The van der Waals surface area contributed by atoms with Crippen molar-refractivity contribution in [1.29, 1.82) is 0 Å². The molecule has 0 amide bonds. The predicted molar refractivity (Wildman–Crippen MR) is 82.5 cm³/mol. The molecular formula is C17H25N3. The van der Waals surface area contributed by atoms with Crippen LogP contribution in [-0.2, 0) is 0 Å². The van der Waals surface area contributed by atoms with Crippen molar-refractivity contribution in [1.82, 2.24) is 4.98 Å². The molecule has 0 spiro atoms. The van der Waals surface area contributed by atoms with Gasteiger partial charge >= 0.3 is 0 Å². The van der Waals surface area contributed by atoms with E-state index < -0.39 is 0 Å². The highest BCUT2D eigenvalue weighted by Crippen LogP contribution is 2.60. The van der Waals surface area contributed by atoms with Crippen LogP contribution in [-0.4, -0.2) is 18.6 Å². The summed E-state index contributed by atoms with van der Waals surface area (Å²) in [5.41, 5.74) is 7.06. The van der Waals surface area contributed by atoms with Crippen molar-refractivity contribution in [3.05, 3.63) is 18.3 Å². The third-order valence-corrected chi connectivity index (χ3v) is 5.90. The Morgan fingerprint density at radius 1 is 1.15 bits per heavy atom. The van der Waals surface area contributed by atoms with E-state index in [2.05, 4.69) is 23.0 Å². The fourth-order valence-electron chi connectivity index (χ4n) is 5.69. The Morgan fingerprint density at radius 2 is 1.75 bits per heavy atom. The molecular weight excluding hydrogens is 246 g/mol. The number of hydrogen-bond donors (Lipinski definition) is 1. The van der Waals surface area contributed by atoms with Gasteiger partial charge in [0.15, 0.2) is 0 Å². The Hall–Kier alpha value is -1.25. The van der Waals surface area contributed by atoms with Crippen LogP contribution >= 0.6 is 0 Å². The number of anilines is 2. The van der Waals surface area contributed by atoms with Crippen molar-refractivity contribution in [3.8, 4) is 0 Å². The van der Waals surface area contributed by atoms with E-state index in [1.165, 1.54) is 45.1 Å². The SMILES string of the molecule is CN(CC12CC3CC(CC(C3)C1)C2)c1ccc(N)cn1. The predicted octanol–water partition coefficient (Wildman–Crippen LogP) is 3.32. The normalized spacial score (nSPS) is 38.1. The zero-order chi connectivity index (χ0) is 13.7. The summed E-state index contributed by atoms with van der Waals surface area (Å²) in [6.07, 6.45) is 10.7. The lowest BCUT2D eigenvalue weighted by Crippen LogP contribution is -2.50. The van der Waals surface area contributed by atoms with Crippen LogP contribution in [0.15, 0.2) is 18.3 Å². The van der Waals surface area contributed by atoms with Gasteiger partial charge in [0.2, 0.25) is 0 Å². The summed E-state index contributed by atoms with van der Waals surface area (Å²) in [4.78, 5) is 6.83. The Kier molecular flexibility index (Phi) is 2.73. The summed E-state index contributed by atoms with van der Waals surface area (Å²) in [6.45, 7) is 1.17. The molecule has 0 unspecified atom stereocenters. The Labute approximate surface area is 121 Å². The lowest BCUT2D eigenvalue weighted by atomic mass is 9.49. The summed E-state index contributed by atoms with van der Waals surface area (Å²) in [6, 6.07) is 4.01. The van der Waals surface area contributed by atoms with E-state index in [9.17, 15) is 0 Å². The monoisotopic (exact) mass is 271 g/mol. The van der Waals surface area contributed by atoms with Crippen LogP contribution in [0.4, 0.5) is 11.5 Å². The molecule has 3 heteroatoms. The summed E-state index contributed by atoms with van der Waals surface area (Å²) in [7, 11) is 2.19. The van der Waals surface area contributed by atoms with Gasteiger partial charge in [0.1, 0.15) is 5.82 Å². The van der Waals surface area contributed by atoms with Gasteiger partial charge < -0.3 is 10.6 Å². The molecule has 0 radical (unpaired) electrons. The van der Waals surface area contributed by atoms with Crippen LogP contribution in [0.1, 0.15) is 38.5 Å². The standard InChI is InChI=1S/C17H25N3/c1-20(16-3-2-15(18)10-19-16)11-17-7-12-4-13(8-17)6-14(5-12)9-17/h2-3,10,12-14H,4-9,11,18H2,1H3. The van der Waals surface area contributed by atoms with E-state index >= 15 is 0 Å². The molecule has 4 aliphatic carbocycles. The molecule has 0 atom stereocenters. The molecule has 0 saturated heterocycles. The van der Waals surface area contributed by atoms with E-state index in [0.29, 0.717) is 5.41 Å². The summed E-state index contributed by atoms with van der Waals surface area (Å²) >= 11 is 0. The molecule has 4 saturated carbocycles. The largest absolute Gasteiger partial charge is 0.397 e. The van der Waals surface area contributed by atoms with E-state index in [1.54, 1.807) is 6.20 Å². The summed E-state index contributed by atoms with van der Waals surface area (Å²) < 4.78 is 0. The highest BCUT2D eigenvalue weighted by Gasteiger charge is 2.51. The van der Waals surface area contributed by atoms with Gasteiger partial charge in [-0.25, -0.2) is 4.98 Å². The van der Waals surface area contributed by atoms with E-state index in [0.717, 1.165) is 29.3 Å². The molecule has 20 heavy (non-hydrogen) atoms. The lowest BCUT2D eigenvalue weighted by Gasteiger charge is -2.57. The molecule has 0 aliphatic heterocycles. The van der Waals surface area contributed by atoms with Gasteiger partial charge in [-0.15, -0.1) is 0 Å². The average molecular weight is 271 g/mol. The quantitative estimate of drug-likeness (QED) is 0.917. The van der Waals surface area contributed by atoms with Gasteiger partial charge in [0.25, 0.3) is 0 Å². The molecule has 3 nitrogen and oxygen atoms in total. The highest BCUT2D eigenvalue weighted by atomic mass is 15.2. The van der Waals surface area contributed by atoms with Crippen molar-refractivity contribution >= 4 is 11.5 Å². The van der Waals surface area contributed by atoms with Crippen molar-refractivity contribution in [2.24, 2.45) is 23.2 Å². The van der Waals surface area contributed by atoms with Gasteiger partial charge in [-0.2, -0.15) is 0 Å². The van der Waals surface area contributed by atoms with Crippen LogP contribution in [0.2, 0.25) is 0 Å². The molecule has 4 fully saturated rings. The second kappa shape index (κ2) is 4.37. The Balaban J connectivity index is 1.52. The van der Waals surface area contributed by atoms with Crippen molar-refractivity contribution in [2.45, 2.75) is 38.5 Å². The van der Waals surface area contributed by atoms with Crippen molar-refractivity contribution in [2.75, 3.05) is 24.2 Å². The number of nitrogen functional groups attached to an aromatic ring is 1. The van der Waals surface area contributed by atoms with Crippen molar-refractivity contribution in [3.63, 3.8) is 0 Å². The van der Waals surface area contributed by atoms with Crippen LogP contribution in [0.5, 0.6) is 0 Å². The number of nitrogens with two attached hydrogens (primary N) is 1. The molecule has 4 bridgehead atoms. The number of rotatable bonds is 3. The third kappa shape index (κ3) is 2.07. The number of aromatic nitrogens is 1. The fourth-order valence-corrected chi connectivity index (χ4v) is 5.69. The topological polar surface area (TPSA) is 42.1 Å². The molecule has 108 valence electrons. The maximum atomic E-state index is 5.73. The summed E-state index contributed by atoms with van der Waals surface area (Å²) in [5.74, 6) is 4.13. The van der Waals surface area contributed by atoms with Crippen LogP contribution in [0, 0.1) is 23.2 Å². The molecule has 0 aromatic carbocycles. The minimum atomic E-state index is 0.576. The maximum absolute atomic E-state index is 5.73. The molecule has 2 N–H and O–H groups in total. The van der Waals surface area contributed by atoms with E-state index in [-0.39, 0.29) is 0 Å². The van der Waals surface area contributed by atoms with E-state index in [4.69, 9.17) is 5.73 Å². The number of nitrogens with zero attached hydrogens (tertiary/aromatic N) is 2. The van der Waals surface area contributed by atoms with Crippen LogP contribution in [0.25, 0.3) is 0 Å². The first-order valence-electron chi connectivity index (χ1n) is 8.05. The van der Waals surface area contributed by atoms with Crippen LogP contribution in [0.3, 0.4) is 0 Å². The fraction of sp³-hybridized carbons (Fsp3) is 0.706. The second-order valence-corrected chi connectivity index (χ2v) is 7.72. The highest BCUT2D eigenvalue weighted by molar-refractivity contribution is 5.45. The lowest BCUT2D eigenvalue weighted by molar-refractivity contribution is -0.0472. The minimum Gasteiger partial charge on any atom is -0.397 e. The Bertz CT molecular complexity index is 458. The molecule has 1 aromatic heterocycles. The van der Waals surface area contributed by atoms with Gasteiger partial charge in [-0.1, -0.05) is 0 Å². The zero-order valence-corrected chi connectivity index (χ0v) is 12.4. The Morgan fingerprint density at radius 3 is 2.25 bits per heavy atom. The first-order valence-corrected chi connectivity index (χ1v) is 8.05. The molecule has 1 aromatic rings. The second-order valence-electron chi connectivity index (χ2n) is 7.72. The molecule has 4 aliphatic rings. The van der Waals surface area contributed by atoms with Crippen LogP contribution < -0.4 is 10.6 Å². The average Bonchev–Trinajstić information content (AvgIpc) is 2.37. The molecule has 1 heterocycles. The number of pyridine rings is 1.